The van der Waals surface area contributed by atoms with Gasteiger partial charge >= 0.3 is 0 Å². The monoisotopic (exact) mass is 263 g/mol. The van der Waals surface area contributed by atoms with Crippen molar-refractivity contribution in [3.63, 3.8) is 0 Å². The Morgan fingerprint density at radius 2 is 2.16 bits per heavy atom. The fourth-order valence-corrected chi connectivity index (χ4v) is 2.43. The molecule has 0 bridgehead atoms. The van der Waals surface area contributed by atoms with Crippen LogP contribution in [0.25, 0.3) is 0 Å². The Kier molecular flexibility index (Phi) is 5.21. The number of hydrogen-bond acceptors (Lipinski definition) is 3. The number of hydrogen-bond donors (Lipinski definition) is 1. The third-order valence-electron chi connectivity index (χ3n) is 3.46. The number of aliphatic hydroxyl groups is 1. The van der Waals surface area contributed by atoms with Crippen molar-refractivity contribution >= 4 is 5.91 Å². The van der Waals surface area contributed by atoms with Gasteiger partial charge in [0.2, 0.25) is 5.91 Å². The summed E-state index contributed by atoms with van der Waals surface area (Å²) in [5.41, 5.74) is 0. The van der Waals surface area contributed by atoms with Crippen molar-refractivity contribution in [1.82, 2.24) is 4.90 Å². The highest BCUT2D eigenvalue weighted by Crippen LogP contribution is 2.18. The molecule has 1 amide bonds. The van der Waals surface area contributed by atoms with E-state index in [4.69, 9.17) is 4.74 Å². The molecule has 0 radical (unpaired) electrons. The average molecular weight is 263 g/mol. The minimum Gasteiger partial charge on any atom is -0.494 e. The van der Waals surface area contributed by atoms with Gasteiger partial charge in [0.25, 0.3) is 0 Å². The molecule has 4 nitrogen and oxygen atoms in total. The van der Waals surface area contributed by atoms with Crippen LogP contribution in [0.15, 0.2) is 30.3 Å². The summed E-state index contributed by atoms with van der Waals surface area (Å²) in [4.78, 5) is 13.8. The van der Waals surface area contributed by atoms with E-state index in [0.717, 1.165) is 25.1 Å². The van der Waals surface area contributed by atoms with Crippen molar-refractivity contribution in [3.05, 3.63) is 30.3 Å². The molecule has 1 saturated heterocycles. The van der Waals surface area contributed by atoms with Gasteiger partial charge in [-0.25, -0.2) is 0 Å². The van der Waals surface area contributed by atoms with E-state index < -0.39 is 0 Å². The van der Waals surface area contributed by atoms with Gasteiger partial charge in [-0.05, 0) is 31.4 Å². The third-order valence-corrected chi connectivity index (χ3v) is 3.46. The second-order valence-corrected chi connectivity index (χ2v) is 4.83. The number of amides is 1. The first-order chi connectivity index (χ1) is 9.31. The van der Waals surface area contributed by atoms with E-state index in [1.807, 2.05) is 35.2 Å². The Morgan fingerprint density at radius 3 is 2.89 bits per heavy atom. The van der Waals surface area contributed by atoms with E-state index in [1.165, 1.54) is 0 Å². The number of likely N-dealkylation sites (tertiary alicyclic amines) is 1. The largest absolute Gasteiger partial charge is 0.494 e. The van der Waals surface area contributed by atoms with Crippen LogP contribution in [-0.4, -0.2) is 41.7 Å². The van der Waals surface area contributed by atoms with Crippen molar-refractivity contribution in [2.45, 2.75) is 31.7 Å². The van der Waals surface area contributed by atoms with Crippen LogP contribution in [0.5, 0.6) is 5.75 Å². The molecule has 1 aliphatic rings. The van der Waals surface area contributed by atoms with Gasteiger partial charge < -0.3 is 14.7 Å². The molecule has 1 unspecified atom stereocenters. The molecule has 0 aliphatic carbocycles. The summed E-state index contributed by atoms with van der Waals surface area (Å²) in [6.07, 6.45) is 3.12. The topological polar surface area (TPSA) is 49.8 Å². The van der Waals surface area contributed by atoms with Gasteiger partial charge in [-0.3, -0.25) is 4.79 Å². The SMILES string of the molecule is O=C(CCCOc1ccccc1)N1CCCC1CO. The quantitative estimate of drug-likeness (QED) is 0.797. The summed E-state index contributed by atoms with van der Waals surface area (Å²) < 4.78 is 5.55. The lowest BCUT2D eigenvalue weighted by molar-refractivity contribution is -0.132. The molecule has 0 spiro atoms. The zero-order chi connectivity index (χ0) is 13.5. The molecule has 1 aliphatic heterocycles. The number of ether oxygens (including phenoxy) is 1. The Balaban J connectivity index is 1.67. The van der Waals surface area contributed by atoms with Gasteiger partial charge in [0.1, 0.15) is 5.75 Å². The van der Waals surface area contributed by atoms with Crippen molar-refractivity contribution in [2.75, 3.05) is 19.8 Å². The number of aliphatic hydroxyl groups excluding tert-OH is 1. The highest BCUT2D eigenvalue weighted by atomic mass is 16.5. The minimum atomic E-state index is 0.0301. The molecule has 104 valence electrons. The van der Waals surface area contributed by atoms with Crippen molar-refractivity contribution < 1.29 is 14.6 Å². The summed E-state index contributed by atoms with van der Waals surface area (Å²) in [6, 6.07) is 9.64. The highest BCUT2D eigenvalue weighted by molar-refractivity contribution is 5.76. The van der Waals surface area contributed by atoms with Gasteiger partial charge in [-0.1, -0.05) is 18.2 Å². The second kappa shape index (κ2) is 7.14. The molecular formula is C15H21NO3. The van der Waals surface area contributed by atoms with E-state index in [1.54, 1.807) is 0 Å². The highest BCUT2D eigenvalue weighted by Gasteiger charge is 2.27. The number of carbonyl (C=O) groups excluding carboxylic acids is 1. The molecule has 0 aromatic heterocycles. The number of para-hydroxylation sites is 1. The fourth-order valence-electron chi connectivity index (χ4n) is 2.43. The zero-order valence-corrected chi connectivity index (χ0v) is 11.1. The van der Waals surface area contributed by atoms with Crippen molar-refractivity contribution in [1.29, 1.82) is 0 Å². The molecule has 0 saturated carbocycles. The maximum absolute atomic E-state index is 12.0. The summed E-state index contributed by atoms with van der Waals surface area (Å²) in [5.74, 6) is 0.970. The first-order valence-corrected chi connectivity index (χ1v) is 6.89. The standard InChI is InChI=1S/C15H21NO3/c17-12-13-6-4-10-16(13)15(18)9-5-11-19-14-7-2-1-3-8-14/h1-3,7-8,13,17H,4-6,9-12H2. The van der Waals surface area contributed by atoms with E-state index in [0.29, 0.717) is 19.4 Å². The smallest absolute Gasteiger partial charge is 0.223 e. The van der Waals surface area contributed by atoms with E-state index >= 15 is 0 Å². The number of rotatable bonds is 6. The predicted molar refractivity (Wildman–Crippen MR) is 73.0 cm³/mol. The normalized spacial score (nSPS) is 18.6. The maximum Gasteiger partial charge on any atom is 0.223 e. The fraction of sp³-hybridized carbons (Fsp3) is 0.533. The molecule has 1 aromatic rings. The lowest BCUT2D eigenvalue weighted by atomic mass is 10.2. The molecule has 1 heterocycles. The van der Waals surface area contributed by atoms with Crippen LogP contribution < -0.4 is 4.74 Å². The van der Waals surface area contributed by atoms with E-state index in [-0.39, 0.29) is 18.6 Å². The molecule has 1 aromatic carbocycles. The van der Waals surface area contributed by atoms with Gasteiger partial charge in [0.15, 0.2) is 0 Å². The van der Waals surface area contributed by atoms with Crippen LogP contribution in [0.2, 0.25) is 0 Å². The lowest BCUT2D eigenvalue weighted by Gasteiger charge is -2.22. The summed E-state index contributed by atoms with van der Waals surface area (Å²) in [6.45, 7) is 1.41. The first-order valence-electron chi connectivity index (χ1n) is 6.89. The summed E-state index contributed by atoms with van der Waals surface area (Å²) in [7, 11) is 0. The Labute approximate surface area is 114 Å². The van der Waals surface area contributed by atoms with Crippen LogP contribution in [-0.2, 0) is 4.79 Å². The minimum absolute atomic E-state index is 0.0301. The average Bonchev–Trinajstić information content (AvgIpc) is 2.93. The van der Waals surface area contributed by atoms with E-state index in [9.17, 15) is 9.90 Å². The summed E-state index contributed by atoms with van der Waals surface area (Å²) in [5, 5.41) is 9.19. The molecule has 4 heteroatoms. The van der Waals surface area contributed by atoms with Crippen molar-refractivity contribution in [2.24, 2.45) is 0 Å². The Bertz CT molecular complexity index is 394. The van der Waals surface area contributed by atoms with Crippen LogP contribution in [0.3, 0.4) is 0 Å². The van der Waals surface area contributed by atoms with Gasteiger partial charge in [0.05, 0.1) is 19.3 Å². The third kappa shape index (κ3) is 3.96. The molecule has 1 atom stereocenters. The van der Waals surface area contributed by atoms with Crippen LogP contribution in [0, 0.1) is 0 Å². The number of carbonyl (C=O) groups is 1. The van der Waals surface area contributed by atoms with Crippen LogP contribution >= 0.6 is 0 Å². The first kappa shape index (κ1) is 13.9. The maximum atomic E-state index is 12.0. The molecule has 2 rings (SSSR count). The van der Waals surface area contributed by atoms with Crippen LogP contribution in [0.4, 0.5) is 0 Å². The number of benzene rings is 1. The van der Waals surface area contributed by atoms with Crippen LogP contribution in [0.1, 0.15) is 25.7 Å². The summed E-state index contributed by atoms with van der Waals surface area (Å²) >= 11 is 0. The Morgan fingerprint density at radius 1 is 1.37 bits per heavy atom. The molecule has 1 N–H and O–H groups in total. The number of nitrogens with zero attached hydrogens (tertiary/aromatic N) is 1. The predicted octanol–water partition coefficient (Wildman–Crippen LogP) is 1.83. The lowest BCUT2D eigenvalue weighted by Crippen LogP contribution is -2.37. The molecule has 1 fully saturated rings. The van der Waals surface area contributed by atoms with Gasteiger partial charge in [-0.15, -0.1) is 0 Å². The van der Waals surface area contributed by atoms with Gasteiger partial charge in [0, 0.05) is 13.0 Å². The van der Waals surface area contributed by atoms with E-state index in [2.05, 4.69) is 0 Å². The zero-order valence-electron chi connectivity index (χ0n) is 11.1. The van der Waals surface area contributed by atoms with Crippen molar-refractivity contribution in [3.8, 4) is 5.75 Å². The molecule has 19 heavy (non-hydrogen) atoms. The second-order valence-electron chi connectivity index (χ2n) is 4.83. The van der Waals surface area contributed by atoms with Gasteiger partial charge in [-0.2, -0.15) is 0 Å². The Hall–Kier alpha value is -1.55. The molecular weight excluding hydrogens is 242 g/mol.